The summed E-state index contributed by atoms with van der Waals surface area (Å²) in [5.41, 5.74) is 7.74. The van der Waals surface area contributed by atoms with Crippen LogP contribution in [0, 0.1) is 0 Å². The summed E-state index contributed by atoms with van der Waals surface area (Å²) in [5, 5.41) is 0. The SMILES string of the molecule is Cn1cc(-c2cnc(N)nc2-c2ccco2)ccc1=O.O=P([O-])([O-])[O-]. The van der Waals surface area contributed by atoms with Gasteiger partial charge in [-0.25, -0.2) is 9.97 Å². The minimum atomic E-state index is -5.39. The van der Waals surface area contributed by atoms with E-state index < -0.39 is 7.82 Å². The van der Waals surface area contributed by atoms with Crippen LogP contribution in [0.25, 0.3) is 22.6 Å². The molecule has 3 heterocycles. The highest BCUT2D eigenvalue weighted by molar-refractivity contribution is 7.40. The lowest BCUT2D eigenvalue weighted by Gasteiger charge is -2.36. The van der Waals surface area contributed by atoms with Crippen molar-refractivity contribution in [2.75, 3.05) is 5.73 Å². The van der Waals surface area contributed by atoms with E-state index >= 15 is 0 Å². The fourth-order valence-corrected chi connectivity index (χ4v) is 1.96. The summed E-state index contributed by atoms with van der Waals surface area (Å²) < 4.78 is 15.4. The van der Waals surface area contributed by atoms with Crippen LogP contribution in [-0.2, 0) is 11.6 Å². The predicted octanol–water partition coefficient (Wildman–Crippen LogP) is -1.14. The highest BCUT2D eigenvalue weighted by Gasteiger charge is 2.13. The van der Waals surface area contributed by atoms with Crippen LogP contribution in [0.2, 0.25) is 0 Å². The average Bonchev–Trinajstić information content (AvgIpc) is 3.03. The Kier molecular flexibility index (Phi) is 5.50. The van der Waals surface area contributed by atoms with Crippen molar-refractivity contribution in [3.63, 3.8) is 0 Å². The number of hydrogen-bond acceptors (Lipinski definition) is 9. The van der Waals surface area contributed by atoms with Gasteiger partial charge in [0, 0.05) is 36.6 Å². The second-order valence-electron chi connectivity index (χ2n) is 4.78. The molecule has 0 unspecified atom stereocenters. The highest BCUT2D eigenvalue weighted by atomic mass is 31.2. The zero-order valence-corrected chi connectivity index (χ0v) is 13.8. The van der Waals surface area contributed by atoms with Crippen molar-refractivity contribution in [2.24, 2.45) is 7.05 Å². The molecule has 0 aliphatic heterocycles. The van der Waals surface area contributed by atoms with Crippen molar-refractivity contribution < 1.29 is 23.7 Å². The molecule has 25 heavy (non-hydrogen) atoms. The van der Waals surface area contributed by atoms with Gasteiger partial charge in [0.05, 0.1) is 6.26 Å². The number of phosphoric acid groups is 1. The maximum absolute atomic E-state index is 11.5. The number of anilines is 1. The fourth-order valence-electron chi connectivity index (χ4n) is 1.96. The number of pyridine rings is 1. The van der Waals surface area contributed by atoms with Gasteiger partial charge in [-0.1, -0.05) is 0 Å². The van der Waals surface area contributed by atoms with E-state index in [1.54, 1.807) is 43.9 Å². The van der Waals surface area contributed by atoms with Gasteiger partial charge in [-0.05, 0) is 18.2 Å². The highest BCUT2D eigenvalue weighted by Crippen LogP contribution is 2.29. The first-order valence-corrected chi connectivity index (χ1v) is 8.17. The molecule has 3 aromatic heterocycles. The molecular formula is C14H12N4O6P-3. The van der Waals surface area contributed by atoms with E-state index in [-0.39, 0.29) is 11.5 Å². The Hall–Kier alpha value is -2.78. The Labute approximate surface area is 141 Å². The second-order valence-corrected chi connectivity index (χ2v) is 5.68. The number of furan rings is 1. The van der Waals surface area contributed by atoms with Crippen molar-refractivity contribution in [1.82, 2.24) is 14.5 Å². The molecule has 0 bridgehead atoms. The number of nitrogens with two attached hydrogens (primary N) is 1. The van der Waals surface area contributed by atoms with Gasteiger partial charge in [0.15, 0.2) is 5.76 Å². The molecule has 11 heteroatoms. The summed E-state index contributed by atoms with van der Waals surface area (Å²) in [6.07, 6.45) is 4.92. The molecule has 3 rings (SSSR count). The molecule has 0 spiro atoms. The van der Waals surface area contributed by atoms with Crippen molar-refractivity contribution in [2.45, 2.75) is 0 Å². The number of aromatic nitrogens is 3. The number of aryl methyl sites for hydroxylation is 1. The van der Waals surface area contributed by atoms with Crippen LogP contribution in [0.1, 0.15) is 0 Å². The van der Waals surface area contributed by atoms with Gasteiger partial charge in [0.25, 0.3) is 0 Å². The number of nitrogen functional groups attached to an aromatic ring is 1. The molecule has 3 aromatic rings. The van der Waals surface area contributed by atoms with Gasteiger partial charge in [-0.2, -0.15) is 7.82 Å². The minimum Gasteiger partial charge on any atom is -0.822 e. The second kappa shape index (κ2) is 7.41. The average molecular weight is 363 g/mol. The molecule has 10 nitrogen and oxygen atoms in total. The van der Waals surface area contributed by atoms with Crippen LogP contribution < -0.4 is 26.0 Å². The Morgan fingerprint density at radius 2 is 1.92 bits per heavy atom. The maximum atomic E-state index is 11.5. The summed E-state index contributed by atoms with van der Waals surface area (Å²) in [7, 11) is -3.70. The van der Waals surface area contributed by atoms with Gasteiger partial charge >= 0.3 is 0 Å². The Morgan fingerprint density at radius 1 is 1.24 bits per heavy atom. The lowest BCUT2D eigenvalue weighted by Crippen LogP contribution is -2.24. The fraction of sp³-hybridized carbons (Fsp3) is 0.0714. The summed E-state index contributed by atoms with van der Waals surface area (Å²) in [4.78, 5) is 45.4. The lowest BCUT2D eigenvalue weighted by molar-refractivity contribution is -0.432. The predicted molar refractivity (Wildman–Crippen MR) is 82.4 cm³/mol. The normalized spacial score (nSPS) is 10.9. The van der Waals surface area contributed by atoms with Gasteiger partial charge in [-0.3, -0.25) is 4.79 Å². The maximum Gasteiger partial charge on any atom is 0.250 e. The molecule has 0 amide bonds. The van der Waals surface area contributed by atoms with Crippen molar-refractivity contribution in [1.29, 1.82) is 0 Å². The van der Waals surface area contributed by atoms with Crippen LogP contribution in [0.5, 0.6) is 0 Å². The smallest absolute Gasteiger partial charge is 0.250 e. The number of nitrogens with zero attached hydrogens (tertiary/aromatic N) is 3. The summed E-state index contributed by atoms with van der Waals surface area (Å²) in [5.74, 6) is 0.771. The number of rotatable bonds is 2. The zero-order valence-electron chi connectivity index (χ0n) is 12.9. The van der Waals surface area contributed by atoms with Crippen molar-refractivity contribution in [3.8, 4) is 22.6 Å². The first-order chi connectivity index (χ1) is 11.6. The summed E-state index contributed by atoms with van der Waals surface area (Å²) >= 11 is 0. The van der Waals surface area contributed by atoms with Crippen LogP contribution in [0.4, 0.5) is 5.95 Å². The quantitative estimate of drug-likeness (QED) is 0.552. The molecule has 132 valence electrons. The van der Waals surface area contributed by atoms with Crippen LogP contribution in [0.3, 0.4) is 0 Å². The van der Waals surface area contributed by atoms with Crippen LogP contribution in [0.15, 0.2) is 52.1 Å². The third-order valence-electron chi connectivity index (χ3n) is 2.96. The van der Waals surface area contributed by atoms with E-state index in [0.29, 0.717) is 11.5 Å². The number of hydrogen-bond donors (Lipinski definition) is 1. The van der Waals surface area contributed by atoms with Crippen molar-refractivity contribution in [3.05, 3.63) is 53.3 Å². The van der Waals surface area contributed by atoms with Crippen LogP contribution >= 0.6 is 7.82 Å². The van der Waals surface area contributed by atoms with Gasteiger partial charge < -0.3 is 34.0 Å². The molecular weight excluding hydrogens is 351 g/mol. The Morgan fingerprint density at radius 3 is 2.48 bits per heavy atom. The summed E-state index contributed by atoms with van der Waals surface area (Å²) in [6.45, 7) is 0. The van der Waals surface area contributed by atoms with E-state index in [2.05, 4.69) is 9.97 Å². The van der Waals surface area contributed by atoms with Gasteiger partial charge in [0.1, 0.15) is 5.69 Å². The van der Waals surface area contributed by atoms with Crippen molar-refractivity contribution >= 4 is 13.8 Å². The van der Waals surface area contributed by atoms with Crippen LogP contribution in [-0.4, -0.2) is 14.5 Å². The topological polar surface area (TPSA) is 173 Å². The molecule has 0 aromatic carbocycles. The molecule has 0 radical (unpaired) electrons. The largest absolute Gasteiger partial charge is 0.822 e. The third-order valence-corrected chi connectivity index (χ3v) is 2.96. The first-order valence-electron chi connectivity index (χ1n) is 6.71. The summed E-state index contributed by atoms with van der Waals surface area (Å²) in [6, 6.07) is 6.80. The van der Waals surface area contributed by atoms with Gasteiger partial charge in [0.2, 0.25) is 11.5 Å². The molecule has 0 saturated heterocycles. The molecule has 0 atom stereocenters. The zero-order chi connectivity index (χ0) is 18.6. The Bertz CT molecular complexity index is 955. The molecule has 2 N–H and O–H groups in total. The molecule has 0 saturated carbocycles. The first kappa shape index (κ1) is 18.6. The molecule has 0 fully saturated rings. The van der Waals surface area contributed by atoms with E-state index in [1.807, 2.05) is 0 Å². The van der Waals surface area contributed by atoms with E-state index in [9.17, 15) is 4.79 Å². The lowest BCUT2D eigenvalue weighted by atomic mass is 10.1. The standard InChI is InChI=1S/C14H12N4O2.H3O4P/c1-18-8-9(4-5-12(18)19)10-7-16-14(15)17-13(10)11-3-2-6-20-11;1-5(2,3)4/h2-8H,1H3,(H2,15,16,17);(H3,1,2,3,4)/p-3. The van der Waals surface area contributed by atoms with E-state index in [4.69, 9.17) is 29.4 Å². The van der Waals surface area contributed by atoms with Gasteiger partial charge in [-0.15, -0.1) is 0 Å². The monoisotopic (exact) mass is 363 g/mol. The third kappa shape index (κ3) is 5.37. The van der Waals surface area contributed by atoms with E-state index in [1.165, 1.54) is 10.6 Å². The molecule has 0 aliphatic carbocycles. The Balaban J connectivity index is 0.000000399. The van der Waals surface area contributed by atoms with E-state index in [0.717, 1.165) is 11.1 Å². The minimum absolute atomic E-state index is 0.0790. The molecule has 0 aliphatic rings.